The van der Waals surface area contributed by atoms with Crippen LogP contribution in [0.3, 0.4) is 0 Å². The first-order valence-corrected chi connectivity index (χ1v) is 4.73. The highest BCUT2D eigenvalue weighted by molar-refractivity contribution is 5.89. The van der Waals surface area contributed by atoms with Crippen molar-refractivity contribution in [3.05, 3.63) is 0 Å². The Morgan fingerprint density at radius 2 is 2.23 bits per heavy atom. The number of nitrogens with zero attached hydrogens (tertiary/aromatic N) is 1. The third kappa shape index (κ3) is 1.53. The van der Waals surface area contributed by atoms with E-state index in [1.54, 1.807) is 7.05 Å². The lowest BCUT2D eigenvalue weighted by Gasteiger charge is -2.14. The summed E-state index contributed by atoms with van der Waals surface area (Å²) in [6.07, 6.45) is 2.63. The van der Waals surface area contributed by atoms with E-state index in [1.807, 2.05) is 4.90 Å². The molecule has 0 radical (unpaired) electrons. The van der Waals surface area contributed by atoms with Crippen LogP contribution in [0.15, 0.2) is 0 Å². The molecule has 0 spiro atoms. The fourth-order valence-corrected chi connectivity index (χ4v) is 1.85. The molecule has 4 heteroatoms. The van der Waals surface area contributed by atoms with Gasteiger partial charge in [-0.05, 0) is 12.8 Å². The summed E-state index contributed by atoms with van der Waals surface area (Å²) < 4.78 is 0. The maximum atomic E-state index is 11.4. The molecule has 1 saturated carbocycles. The lowest BCUT2D eigenvalue weighted by Crippen LogP contribution is -2.31. The molecular weight excluding hydrogens is 168 g/mol. The first-order valence-electron chi connectivity index (χ1n) is 4.73. The minimum absolute atomic E-state index is 0.00324. The first-order chi connectivity index (χ1) is 6.22. The Balaban J connectivity index is 1.97. The zero-order valence-electron chi connectivity index (χ0n) is 7.75. The molecule has 0 bridgehead atoms. The quantitative estimate of drug-likeness (QED) is 0.640. The summed E-state index contributed by atoms with van der Waals surface area (Å²) in [5, 5.41) is 2.59. The van der Waals surface area contributed by atoms with Gasteiger partial charge in [0.2, 0.25) is 11.8 Å². The summed E-state index contributed by atoms with van der Waals surface area (Å²) in [4.78, 5) is 24.6. The molecule has 13 heavy (non-hydrogen) atoms. The zero-order chi connectivity index (χ0) is 9.42. The second kappa shape index (κ2) is 3.01. The third-order valence-corrected chi connectivity index (χ3v) is 2.76. The van der Waals surface area contributed by atoms with Gasteiger partial charge < -0.3 is 10.2 Å². The van der Waals surface area contributed by atoms with E-state index in [4.69, 9.17) is 0 Å². The SMILES string of the molecule is CNC(=O)C1CC(=O)N(C2CC2)C1. The van der Waals surface area contributed by atoms with Crippen LogP contribution in [-0.2, 0) is 9.59 Å². The van der Waals surface area contributed by atoms with Gasteiger partial charge in [-0.15, -0.1) is 0 Å². The lowest BCUT2D eigenvalue weighted by molar-refractivity contribution is -0.129. The number of carbonyl (C=O) groups is 2. The first kappa shape index (κ1) is 8.53. The van der Waals surface area contributed by atoms with E-state index in [9.17, 15) is 9.59 Å². The summed E-state index contributed by atoms with van der Waals surface area (Å²) in [6.45, 7) is 0.628. The molecule has 4 nitrogen and oxygen atoms in total. The van der Waals surface area contributed by atoms with Crippen LogP contribution in [0, 0.1) is 5.92 Å². The largest absolute Gasteiger partial charge is 0.359 e. The smallest absolute Gasteiger partial charge is 0.225 e. The number of hydrogen-bond donors (Lipinski definition) is 1. The Morgan fingerprint density at radius 1 is 1.54 bits per heavy atom. The van der Waals surface area contributed by atoms with Crippen LogP contribution in [-0.4, -0.2) is 36.3 Å². The van der Waals surface area contributed by atoms with Gasteiger partial charge in [0.25, 0.3) is 0 Å². The van der Waals surface area contributed by atoms with Crippen molar-refractivity contribution in [1.82, 2.24) is 10.2 Å². The minimum Gasteiger partial charge on any atom is -0.359 e. The van der Waals surface area contributed by atoms with Crippen molar-refractivity contribution in [1.29, 1.82) is 0 Å². The highest BCUT2D eigenvalue weighted by atomic mass is 16.2. The molecule has 0 aromatic rings. The molecule has 2 rings (SSSR count). The Morgan fingerprint density at radius 3 is 2.77 bits per heavy atom. The Bertz CT molecular complexity index is 248. The number of hydrogen-bond acceptors (Lipinski definition) is 2. The van der Waals surface area contributed by atoms with Crippen molar-refractivity contribution in [3.8, 4) is 0 Å². The number of likely N-dealkylation sites (tertiary alicyclic amines) is 1. The molecule has 2 fully saturated rings. The van der Waals surface area contributed by atoms with Gasteiger partial charge in [-0.1, -0.05) is 0 Å². The lowest BCUT2D eigenvalue weighted by atomic mass is 10.1. The van der Waals surface area contributed by atoms with Crippen LogP contribution in [0.4, 0.5) is 0 Å². The highest BCUT2D eigenvalue weighted by Gasteiger charge is 2.41. The maximum Gasteiger partial charge on any atom is 0.225 e. The predicted octanol–water partition coefficient (Wildman–Crippen LogP) is -0.257. The van der Waals surface area contributed by atoms with Crippen LogP contribution < -0.4 is 5.32 Å². The van der Waals surface area contributed by atoms with Gasteiger partial charge >= 0.3 is 0 Å². The van der Waals surface area contributed by atoms with Crippen LogP contribution >= 0.6 is 0 Å². The van der Waals surface area contributed by atoms with Crippen LogP contribution in [0.1, 0.15) is 19.3 Å². The normalized spacial score (nSPS) is 27.9. The van der Waals surface area contributed by atoms with Crippen molar-refractivity contribution in [2.75, 3.05) is 13.6 Å². The Kier molecular flexibility index (Phi) is 1.98. The molecule has 1 N–H and O–H groups in total. The summed E-state index contributed by atoms with van der Waals surface area (Å²) in [7, 11) is 1.62. The highest BCUT2D eigenvalue weighted by Crippen LogP contribution is 2.32. The van der Waals surface area contributed by atoms with E-state index in [0.29, 0.717) is 19.0 Å². The Labute approximate surface area is 77.3 Å². The molecule has 1 aliphatic carbocycles. The van der Waals surface area contributed by atoms with Crippen LogP contribution in [0.2, 0.25) is 0 Å². The van der Waals surface area contributed by atoms with Crippen molar-refractivity contribution >= 4 is 11.8 Å². The van der Waals surface area contributed by atoms with Gasteiger partial charge in [0.15, 0.2) is 0 Å². The minimum atomic E-state index is -0.113. The molecule has 2 aliphatic rings. The summed E-state index contributed by atoms with van der Waals surface area (Å²) >= 11 is 0. The van der Waals surface area contributed by atoms with Gasteiger partial charge in [0.05, 0.1) is 5.92 Å². The van der Waals surface area contributed by atoms with Gasteiger partial charge in [-0.2, -0.15) is 0 Å². The molecule has 1 atom stereocenters. The summed E-state index contributed by atoms with van der Waals surface area (Å²) in [6, 6.07) is 0.446. The second-order valence-electron chi connectivity index (χ2n) is 3.79. The zero-order valence-corrected chi connectivity index (χ0v) is 7.75. The molecule has 1 aliphatic heterocycles. The van der Waals surface area contributed by atoms with E-state index >= 15 is 0 Å². The van der Waals surface area contributed by atoms with Crippen LogP contribution in [0.5, 0.6) is 0 Å². The van der Waals surface area contributed by atoms with Crippen molar-refractivity contribution in [2.24, 2.45) is 5.92 Å². The molecule has 0 aromatic carbocycles. The molecule has 72 valence electrons. The van der Waals surface area contributed by atoms with E-state index < -0.39 is 0 Å². The average molecular weight is 182 g/mol. The van der Waals surface area contributed by atoms with E-state index in [-0.39, 0.29) is 17.7 Å². The third-order valence-electron chi connectivity index (χ3n) is 2.76. The topological polar surface area (TPSA) is 49.4 Å². The van der Waals surface area contributed by atoms with Crippen molar-refractivity contribution < 1.29 is 9.59 Å². The van der Waals surface area contributed by atoms with E-state index in [1.165, 1.54) is 0 Å². The predicted molar refractivity (Wildman–Crippen MR) is 46.9 cm³/mol. The number of nitrogens with one attached hydrogen (secondary N) is 1. The summed E-state index contributed by atoms with van der Waals surface area (Å²) in [5.74, 6) is 0.0331. The van der Waals surface area contributed by atoms with Crippen molar-refractivity contribution in [2.45, 2.75) is 25.3 Å². The van der Waals surface area contributed by atoms with E-state index in [2.05, 4.69) is 5.32 Å². The van der Waals surface area contributed by atoms with Gasteiger partial charge in [0.1, 0.15) is 0 Å². The Hall–Kier alpha value is -1.06. The maximum absolute atomic E-state index is 11.4. The average Bonchev–Trinajstić information content (AvgIpc) is 2.89. The van der Waals surface area contributed by atoms with Gasteiger partial charge in [-0.25, -0.2) is 0 Å². The standard InChI is InChI=1S/C9H14N2O2/c1-10-9(13)6-4-8(12)11(5-6)7-2-3-7/h6-7H,2-5H2,1H3,(H,10,13). The molecule has 2 amide bonds. The van der Waals surface area contributed by atoms with Crippen LogP contribution in [0.25, 0.3) is 0 Å². The fraction of sp³-hybridized carbons (Fsp3) is 0.778. The monoisotopic (exact) mass is 182 g/mol. The van der Waals surface area contributed by atoms with Crippen molar-refractivity contribution in [3.63, 3.8) is 0 Å². The second-order valence-corrected chi connectivity index (χ2v) is 3.79. The fourth-order valence-electron chi connectivity index (χ4n) is 1.85. The number of amides is 2. The van der Waals surface area contributed by atoms with Gasteiger partial charge in [-0.3, -0.25) is 9.59 Å². The molecule has 0 aromatic heterocycles. The van der Waals surface area contributed by atoms with Gasteiger partial charge in [0, 0.05) is 26.1 Å². The molecule has 1 heterocycles. The molecule has 1 unspecified atom stereocenters. The number of carbonyl (C=O) groups excluding carboxylic acids is 2. The molecule has 1 saturated heterocycles. The summed E-state index contributed by atoms with van der Waals surface area (Å²) in [5.41, 5.74) is 0. The number of rotatable bonds is 2. The van der Waals surface area contributed by atoms with E-state index in [0.717, 1.165) is 12.8 Å². The molecular formula is C9H14N2O2.